The highest BCUT2D eigenvalue weighted by Crippen LogP contribution is 2.35. The van der Waals surface area contributed by atoms with E-state index in [0.29, 0.717) is 18.4 Å². The van der Waals surface area contributed by atoms with Gasteiger partial charge in [-0.25, -0.2) is 4.79 Å². The van der Waals surface area contributed by atoms with Crippen molar-refractivity contribution in [2.75, 3.05) is 13.6 Å². The Balaban J connectivity index is 1.60. The lowest BCUT2D eigenvalue weighted by molar-refractivity contribution is -0.141. The van der Waals surface area contributed by atoms with Crippen LogP contribution >= 0.6 is 0 Å². The van der Waals surface area contributed by atoms with Crippen LogP contribution in [0.25, 0.3) is 10.8 Å². The zero-order valence-electron chi connectivity index (χ0n) is 17.9. The summed E-state index contributed by atoms with van der Waals surface area (Å²) in [7, 11) is 1.60. The number of nitrogens with one attached hydrogen (secondary N) is 1. The molecule has 1 saturated heterocycles. The van der Waals surface area contributed by atoms with Crippen molar-refractivity contribution in [2.45, 2.75) is 50.1 Å². The molecule has 2 aliphatic rings. The Labute approximate surface area is 181 Å². The molecule has 2 fully saturated rings. The summed E-state index contributed by atoms with van der Waals surface area (Å²) in [5.41, 5.74) is -1.45. The average Bonchev–Trinajstić information content (AvgIpc) is 3.02. The summed E-state index contributed by atoms with van der Waals surface area (Å²) in [4.78, 5) is 41.5. The Morgan fingerprint density at radius 3 is 2.52 bits per heavy atom. The van der Waals surface area contributed by atoms with Crippen LogP contribution in [0.4, 0.5) is 4.79 Å². The summed E-state index contributed by atoms with van der Waals surface area (Å²) >= 11 is 0. The van der Waals surface area contributed by atoms with Crippen molar-refractivity contribution in [1.82, 2.24) is 15.1 Å². The van der Waals surface area contributed by atoms with Crippen LogP contribution in [0.5, 0.6) is 0 Å². The molecule has 0 radical (unpaired) electrons. The van der Waals surface area contributed by atoms with Gasteiger partial charge in [-0.05, 0) is 36.1 Å². The van der Waals surface area contributed by atoms with Gasteiger partial charge in [0.05, 0.1) is 6.07 Å². The lowest BCUT2D eigenvalue weighted by Crippen LogP contribution is -2.53. The van der Waals surface area contributed by atoms with Crippen LogP contribution in [0, 0.1) is 11.3 Å². The van der Waals surface area contributed by atoms with E-state index >= 15 is 0 Å². The largest absolute Gasteiger partial charge is 0.325 e. The van der Waals surface area contributed by atoms with Crippen LogP contribution in [-0.2, 0) is 15.1 Å². The van der Waals surface area contributed by atoms with Crippen LogP contribution in [0.15, 0.2) is 42.5 Å². The minimum Gasteiger partial charge on any atom is -0.325 e. The van der Waals surface area contributed by atoms with Crippen molar-refractivity contribution in [2.24, 2.45) is 0 Å². The van der Waals surface area contributed by atoms with Crippen LogP contribution in [0.2, 0.25) is 0 Å². The van der Waals surface area contributed by atoms with Crippen LogP contribution < -0.4 is 5.32 Å². The summed E-state index contributed by atoms with van der Waals surface area (Å²) in [5, 5.41) is 14.4. The van der Waals surface area contributed by atoms with Gasteiger partial charge in [-0.15, -0.1) is 0 Å². The van der Waals surface area contributed by atoms with Gasteiger partial charge in [-0.1, -0.05) is 61.7 Å². The maximum absolute atomic E-state index is 13.4. The van der Waals surface area contributed by atoms with E-state index in [1.807, 2.05) is 42.5 Å². The molecule has 4 amide bonds. The van der Waals surface area contributed by atoms with E-state index in [9.17, 15) is 19.6 Å². The second-order valence-electron chi connectivity index (χ2n) is 8.63. The molecule has 0 aromatic heterocycles. The van der Waals surface area contributed by atoms with Crippen LogP contribution in [0.1, 0.15) is 44.6 Å². The van der Waals surface area contributed by atoms with Gasteiger partial charge in [0.25, 0.3) is 5.91 Å². The number of fused-ring (bicyclic) bond motifs is 1. The van der Waals surface area contributed by atoms with Gasteiger partial charge < -0.3 is 10.2 Å². The Morgan fingerprint density at radius 1 is 1.13 bits per heavy atom. The molecule has 2 aromatic rings. The normalized spacial score (nSPS) is 22.8. The third-order valence-corrected chi connectivity index (χ3v) is 6.80. The van der Waals surface area contributed by atoms with E-state index in [2.05, 4.69) is 11.4 Å². The van der Waals surface area contributed by atoms with Gasteiger partial charge in [0.15, 0.2) is 0 Å². The first-order valence-electron chi connectivity index (χ1n) is 10.6. The number of hydrogen-bond acceptors (Lipinski definition) is 4. The fourth-order valence-electron chi connectivity index (χ4n) is 4.82. The maximum Gasteiger partial charge on any atom is 0.325 e. The molecule has 7 nitrogen and oxygen atoms in total. The zero-order chi connectivity index (χ0) is 22.2. The van der Waals surface area contributed by atoms with Crippen LogP contribution in [0.3, 0.4) is 0 Å². The third-order valence-electron chi connectivity index (χ3n) is 6.80. The second kappa shape index (κ2) is 7.69. The van der Waals surface area contributed by atoms with Crippen molar-refractivity contribution >= 4 is 28.6 Å². The fourth-order valence-corrected chi connectivity index (χ4v) is 4.82. The molecule has 1 saturated carbocycles. The van der Waals surface area contributed by atoms with E-state index in [-0.39, 0.29) is 6.54 Å². The Hall–Kier alpha value is -3.40. The molecule has 4 rings (SSSR count). The number of amides is 4. The topological polar surface area (TPSA) is 93.5 Å². The molecule has 160 valence electrons. The van der Waals surface area contributed by atoms with Crippen molar-refractivity contribution in [3.8, 4) is 6.07 Å². The second-order valence-corrected chi connectivity index (χ2v) is 8.63. The lowest BCUT2D eigenvalue weighted by Gasteiger charge is -2.39. The quantitative estimate of drug-likeness (QED) is 0.771. The molecular formula is C24H26N4O3. The van der Waals surface area contributed by atoms with Crippen LogP contribution in [-0.4, -0.2) is 46.8 Å². The highest BCUT2D eigenvalue weighted by atomic mass is 16.2. The van der Waals surface area contributed by atoms with E-state index in [4.69, 9.17) is 0 Å². The summed E-state index contributed by atoms with van der Waals surface area (Å²) < 4.78 is 0. The number of hydrogen-bond donors (Lipinski definition) is 1. The Bertz CT molecular complexity index is 1090. The molecule has 1 atom stereocenters. The molecule has 0 spiro atoms. The highest BCUT2D eigenvalue weighted by molar-refractivity contribution is 6.10. The average molecular weight is 418 g/mol. The summed E-state index contributed by atoms with van der Waals surface area (Å²) in [6, 6.07) is 15.0. The predicted molar refractivity (Wildman–Crippen MR) is 116 cm³/mol. The molecule has 1 aliphatic carbocycles. The molecule has 1 unspecified atom stereocenters. The molecule has 0 bridgehead atoms. The van der Waals surface area contributed by atoms with Gasteiger partial charge >= 0.3 is 6.03 Å². The number of rotatable bonds is 4. The Morgan fingerprint density at radius 2 is 1.81 bits per heavy atom. The van der Waals surface area contributed by atoms with E-state index in [1.54, 1.807) is 14.0 Å². The number of benzene rings is 2. The third kappa shape index (κ3) is 3.32. The zero-order valence-corrected chi connectivity index (χ0v) is 17.9. The first-order valence-corrected chi connectivity index (χ1v) is 10.6. The molecule has 7 heteroatoms. The summed E-state index contributed by atoms with van der Waals surface area (Å²) in [6.07, 6.45) is 4.03. The number of imide groups is 1. The van der Waals surface area contributed by atoms with Gasteiger partial charge in [-0.3, -0.25) is 14.5 Å². The SMILES string of the molecule is CN(C(=O)CN1C(=O)NC(C)(c2cccc3ccccc23)C1=O)C1(C#N)CCCCC1. The number of carbonyl (C=O) groups is 3. The summed E-state index contributed by atoms with van der Waals surface area (Å²) in [6.45, 7) is 1.28. The van der Waals surface area contributed by atoms with Gasteiger partial charge in [0.1, 0.15) is 17.6 Å². The fraction of sp³-hybridized carbons (Fsp3) is 0.417. The van der Waals surface area contributed by atoms with E-state index in [1.165, 1.54) is 4.90 Å². The van der Waals surface area contributed by atoms with E-state index in [0.717, 1.165) is 34.9 Å². The van der Waals surface area contributed by atoms with Gasteiger partial charge in [0, 0.05) is 7.05 Å². The van der Waals surface area contributed by atoms with Crippen molar-refractivity contribution in [1.29, 1.82) is 5.26 Å². The van der Waals surface area contributed by atoms with Gasteiger partial charge in [-0.2, -0.15) is 5.26 Å². The predicted octanol–water partition coefficient (Wildman–Crippen LogP) is 3.29. The number of likely N-dealkylation sites (N-methyl/N-ethyl adjacent to an activating group) is 1. The lowest BCUT2D eigenvalue weighted by atomic mass is 9.81. The number of urea groups is 1. The molecule has 31 heavy (non-hydrogen) atoms. The minimum atomic E-state index is -1.27. The first kappa shape index (κ1) is 20.9. The van der Waals surface area contributed by atoms with Crippen molar-refractivity contribution in [3.63, 3.8) is 0 Å². The standard InChI is InChI=1S/C24H26N4O3/c1-23(19-12-8-10-17-9-4-5-11-18(17)19)21(30)28(22(31)26-23)15-20(29)27(2)24(16-25)13-6-3-7-14-24/h4-5,8-12H,3,6-7,13-15H2,1-2H3,(H,26,31). The Kier molecular flexibility index (Phi) is 5.18. The van der Waals surface area contributed by atoms with Crippen molar-refractivity contribution < 1.29 is 14.4 Å². The molecule has 1 aliphatic heterocycles. The number of nitrogens with zero attached hydrogens (tertiary/aromatic N) is 3. The molecule has 1 N–H and O–H groups in total. The van der Waals surface area contributed by atoms with Gasteiger partial charge in [0.2, 0.25) is 5.91 Å². The summed E-state index contributed by atoms with van der Waals surface area (Å²) in [5.74, 6) is -0.876. The monoisotopic (exact) mass is 418 g/mol. The maximum atomic E-state index is 13.4. The van der Waals surface area contributed by atoms with E-state index < -0.39 is 28.9 Å². The molecular weight excluding hydrogens is 392 g/mol. The number of carbonyl (C=O) groups excluding carboxylic acids is 3. The number of nitriles is 1. The highest BCUT2D eigenvalue weighted by Gasteiger charge is 2.51. The minimum absolute atomic E-state index is 0.384. The smallest absolute Gasteiger partial charge is 0.325 e. The first-order chi connectivity index (χ1) is 14.8. The molecule has 1 heterocycles. The molecule has 2 aromatic carbocycles. The van der Waals surface area contributed by atoms with Crippen molar-refractivity contribution in [3.05, 3.63) is 48.0 Å².